The molecule has 0 N–H and O–H groups in total. The maximum Gasteiger partial charge on any atom is 0.0713 e. The molecule has 0 saturated carbocycles. The molecule has 0 amide bonds. The first-order valence-electron chi connectivity index (χ1n) is 4.74. The first-order valence-corrected chi connectivity index (χ1v) is 4.74. The Kier molecular flexibility index (Phi) is 2.79. The molecule has 12 heavy (non-hydrogen) atoms. The van der Waals surface area contributed by atoms with Gasteiger partial charge in [-0.2, -0.15) is 0 Å². The highest BCUT2D eigenvalue weighted by atomic mass is 16.5. The average Bonchev–Trinajstić information content (AvgIpc) is 2.29. The lowest BCUT2D eigenvalue weighted by atomic mass is 10.1. The van der Waals surface area contributed by atoms with Crippen LogP contribution in [0.1, 0.15) is 34.1 Å². The highest BCUT2D eigenvalue weighted by molar-refractivity contribution is 4.90. The molecule has 1 fully saturated rings. The lowest BCUT2D eigenvalue weighted by Gasteiger charge is -2.35. The van der Waals surface area contributed by atoms with Crippen LogP contribution in [-0.4, -0.2) is 36.2 Å². The standard InChI is InChI=1S/C10H21NO/c1-8-6-9(12-5)7-11(8)10(2,3)4/h8-9H,6-7H2,1-5H3/t8-,9-/m0/s1. The predicted molar refractivity (Wildman–Crippen MR) is 51.3 cm³/mol. The summed E-state index contributed by atoms with van der Waals surface area (Å²) in [5, 5.41) is 0. The first-order chi connectivity index (χ1) is 5.45. The van der Waals surface area contributed by atoms with Crippen molar-refractivity contribution in [2.75, 3.05) is 13.7 Å². The van der Waals surface area contributed by atoms with E-state index in [1.807, 2.05) is 7.11 Å². The molecule has 0 bridgehead atoms. The lowest BCUT2D eigenvalue weighted by Crippen LogP contribution is -2.43. The lowest BCUT2D eigenvalue weighted by molar-refractivity contribution is 0.0832. The molecular weight excluding hydrogens is 150 g/mol. The molecule has 1 rings (SSSR count). The zero-order chi connectivity index (χ0) is 9.35. The van der Waals surface area contributed by atoms with Crippen LogP contribution in [0.2, 0.25) is 0 Å². The van der Waals surface area contributed by atoms with Gasteiger partial charge < -0.3 is 4.74 Å². The first kappa shape index (κ1) is 10.0. The molecular formula is C10H21NO. The number of likely N-dealkylation sites (tertiary alicyclic amines) is 1. The van der Waals surface area contributed by atoms with Gasteiger partial charge in [0, 0.05) is 25.2 Å². The monoisotopic (exact) mass is 171 g/mol. The van der Waals surface area contributed by atoms with Crippen molar-refractivity contribution in [2.45, 2.75) is 51.8 Å². The van der Waals surface area contributed by atoms with E-state index >= 15 is 0 Å². The van der Waals surface area contributed by atoms with Crippen LogP contribution < -0.4 is 0 Å². The summed E-state index contributed by atoms with van der Waals surface area (Å²) in [6.45, 7) is 10.2. The number of methoxy groups -OCH3 is 1. The Bertz CT molecular complexity index is 150. The molecule has 0 unspecified atom stereocenters. The van der Waals surface area contributed by atoms with Gasteiger partial charge in [-0.3, -0.25) is 4.90 Å². The molecule has 0 aromatic rings. The van der Waals surface area contributed by atoms with E-state index in [1.165, 1.54) is 6.42 Å². The minimum atomic E-state index is 0.284. The normalized spacial score (nSPS) is 32.8. The van der Waals surface area contributed by atoms with E-state index in [1.54, 1.807) is 0 Å². The van der Waals surface area contributed by atoms with E-state index in [9.17, 15) is 0 Å². The quantitative estimate of drug-likeness (QED) is 0.597. The summed E-state index contributed by atoms with van der Waals surface area (Å²) in [6.07, 6.45) is 1.62. The SMILES string of the molecule is CO[C@H]1C[C@H](C)N(C(C)(C)C)C1. The van der Waals surface area contributed by atoms with Crippen molar-refractivity contribution in [2.24, 2.45) is 0 Å². The summed E-state index contributed by atoms with van der Waals surface area (Å²) in [5.41, 5.74) is 0.284. The van der Waals surface area contributed by atoms with Crippen molar-refractivity contribution in [1.82, 2.24) is 4.90 Å². The predicted octanol–water partition coefficient (Wildman–Crippen LogP) is 1.89. The van der Waals surface area contributed by atoms with Crippen molar-refractivity contribution in [1.29, 1.82) is 0 Å². The Morgan fingerprint density at radius 1 is 1.33 bits per heavy atom. The Balaban J connectivity index is 2.58. The Labute approximate surface area is 75.9 Å². The van der Waals surface area contributed by atoms with E-state index < -0.39 is 0 Å². The summed E-state index contributed by atoms with van der Waals surface area (Å²) in [5.74, 6) is 0. The number of hydrogen-bond donors (Lipinski definition) is 0. The summed E-state index contributed by atoms with van der Waals surface area (Å²) in [4.78, 5) is 2.52. The zero-order valence-electron chi connectivity index (χ0n) is 8.92. The molecule has 1 aliphatic rings. The van der Waals surface area contributed by atoms with Crippen LogP contribution in [0.25, 0.3) is 0 Å². The summed E-state index contributed by atoms with van der Waals surface area (Å²) >= 11 is 0. The topological polar surface area (TPSA) is 12.5 Å². The van der Waals surface area contributed by atoms with Gasteiger partial charge >= 0.3 is 0 Å². The van der Waals surface area contributed by atoms with Crippen LogP contribution >= 0.6 is 0 Å². The Hall–Kier alpha value is -0.0800. The molecule has 0 spiro atoms. The fourth-order valence-electron chi connectivity index (χ4n) is 2.09. The summed E-state index contributed by atoms with van der Waals surface area (Å²) in [6, 6.07) is 0.662. The van der Waals surface area contributed by atoms with E-state index in [-0.39, 0.29) is 5.54 Å². The minimum absolute atomic E-state index is 0.284. The second-order valence-corrected chi connectivity index (χ2v) is 4.77. The third-order valence-corrected chi connectivity index (χ3v) is 2.73. The fourth-order valence-corrected chi connectivity index (χ4v) is 2.09. The number of rotatable bonds is 1. The summed E-state index contributed by atoms with van der Waals surface area (Å²) in [7, 11) is 1.81. The second kappa shape index (κ2) is 3.35. The third-order valence-electron chi connectivity index (χ3n) is 2.73. The molecule has 72 valence electrons. The molecule has 0 aliphatic carbocycles. The van der Waals surface area contributed by atoms with Crippen molar-refractivity contribution in [3.63, 3.8) is 0 Å². The van der Waals surface area contributed by atoms with E-state index in [4.69, 9.17) is 4.74 Å². The zero-order valence-corrected chi connectivity index (χ0v) is 8.92. The van der Waals surface area contributed by atoms with Crippen LogP contribution in [-0.2, 0) is 4.74 Å². The average molecular weight is 171 g/mol. The molecule has 0 aromatic heterocycles. The molecule has 1 saturated heterocycles. The van der Waals surface area contributed by atoms with Gasteiger partial charge in [-0.1, -0.05) is 0 Å². The van der Waals surface area contributed by atoms with E-state index in [0.29, 0.717) is 12.1 Å². The van der Waals surface area contributed by atoms with Gasteiger partial charge in [0.25, 0.3) is 0 Å². The number of nitrogens with zero attached hydrogens (tertiary/aromatic N) is 1. The minimum Gasteiger partial charge on any atom is -0.380 e. The van der Waals surface area contributed by atoms with Crippen LogP contribution in [0.15, 0.2) is 0 Å². The maximum absolute atomic E-state index is 5.37. The molecule has 0 radical (unpaired) electrons. The molecule has 1 heterocycles. The molecule has 2 nitrogen and oxygen atoms in total. The van der Waals surface area contributed by atoms with Gasteiger partial charge in [0.05, 0.1) is 6.10 Å². The maximum atomic E-state index is 5.37. The van der Waals surface area contributed by atoms with E-state index in [2.05, 4.69) is 32.6 Å². The van der Waals surface area contributed by atoms with Gasteiger partial charge in [-0.25, -0.2) is 0 Å². The van der Waals surface area contributed by atoms with Crippen LogP contribution in [0, 0.1) is 0 Å². The van der Waals surface area contributed by atoms with Gasteiger partial charge in [-0.05, 0) is 34.1 Å². The van der Waals surface area contributed by atoms with Crippen molar-refractivity contribution in [3.05, 3.63) is 0 Å². The van der Waals surface area contributed by atoms with Gasteiger partial charge in [0.2, 0.25) is 0 Å². The van der Waals surface area contributed by atoms with Crippen molar-refractivity contribution < 1.29 is 4.74 Å². The van der Waals surface area contributed by atoms with Crippen molar-refractivity contribution >= 4 is 0 Å². The highest BCUT2D eigenvalue weighted by Crippen LogP contribution is 2.27. The number of hydrogen-bond acceptors (Lipinski definition) is 2. The van der Waals surface area contributed by atoms with Gasteiger partial charge in [-0.15, -0.1) is 0 Å². The Morgan fingerprint density at radius 2 is 1.92 bits per heavy atom. The summed E-state index contributed by atoms with van der Waals surface area (Å²) < 4.78 is 5.37. The van der Waals surface area contributed by atoms with Crippen LogP contribution in [0.3, 0.4) is 0 Å². The smallest absolute Gasteiger partial charge is 0.0713 e. The molecule has 1 aliphatic heterocycles. The van der Waals surface area contributed by atoms with E-state index in [0.717, 1.165) is 6.54 Å². The van der Waals surface area contributed by atoms with Crippen molar-refractivity contribution in [3.8, 4) is 0 Å². The van der Waals surface area contributed by atoms with Crippen LogP contribution in [0.4, 0.5) is 0 Å². The molecule has 2 atom stereocenters. The highest BCUT2D eigenvalue weighted by Gasteiger charge is 2.35. The second-order valence-electron chi connectivity index (χ2n) is 4.77. The van der Waals surface area contributed by atoms with Crippen LogP contribution in [0.5, 0.6) is 0 Å². The Morgan fingerprint density at radius 3 is 2.17 bits per heavy atom. The van der Waals surface area contributed by atoms with Gasteiger partial charge in [0.15, 0.2) is 0 Å². The molecule has 2 heteroatoms. The fraction of sp³-hybridized carbons (Fsp3) is 1.00. The van der Waals surface area contributed by atoms with Gasteiger partial charge in [0.1, 0.15) is 0 Å². The number of ether oxygens (including phenoxy) is 1. The molecule has 0 aromatic carbocycles. The largest absolute Gasteiger partial charge is 0.380 e. The third kappa shape index (κ3) is 1.99.